The van der Waals surface area contributed by atoms with E-state index in [2.05, 4.69) is 5.32 Å². The summed E-state index contributed by atoms with van der Waals surface area (Å²) in [5.41, 5.74) is 5.34. The molecule has 1 aliphatic rings. The lowest BCUT2D eigenvalue weighted by Gasteiger charge is -2.23. The smallest absolute Gasteiger partial charge is 0.235 e. The van der Waals surface area contributed by atoms with Gasteiger partial charge in [0, 0.05) is 6.04 Å². The van der Waals surface area contributed by atoms with Crippen molar-refractivity contribution in [2.45, 2.75) is 56.7 Å². The number of hydrogen-bond donors (Lipinski definition) is 2. The van der Waals surface area contributed by atoms with Crippen molar-refractivity contribution < 1.29 is 13.2 Å². The molecule has 0 radical (unpaired) electrons. The number of sulfone groups is 1. The van der Waals surface area contributed by atoms with Crippen LogP contribution in [0.15, 0.2) is 0 Å². The molecule has 1 unspecified atom stereocenters. The van der Waals surface area contributed by atoms with Crippen LogP contribution in [0.3, 0.4) is 0 Å². The summed E-state index contributed by atoms with van der Waals surface area (Å²) in [7, 11) is -3.36. The SMILES string of the molecule is CC(CCN)S(=O)(=O)CC(=O)NC1CCCCC1. The number of carbonyl (C=O) groups excluding carboxylic acids is 1. The molecule has 1 amide bonds. The molecule has 106 valence electrons. The number of nitrogens with two attached hydrogens (primary N) is 1. The maximum atomic E-state index is 11.9. The van der Waals surface area contributed by atoms with Crippen LogP contribution in [0, 0.1) is 0 Å². The van der Waals surface area contributed by atoms with Crippen LogP contribution in [-0.2, 0) is 14.6 Å². The van der Waals surface area contributed by atoms with Crippen molar-refractivity contribution in [1.82, 2.24) is 5.32 Å². The second kappa shape index (κ2) is 7.09. The van der Waals surface area contributed by atoms with Gasteiger partial charge >= 0.3 is 0 Å². The van der Waals surface area contributed by atoms with Crippen LogP contribution in [0.4, 0.5) is 0 Å². The summed E-state index contributed by atoms with van der Waals surface area (Å²) in [5.74, 6) is -0.782. The molecule has 0 aromatic rings. The van der Waals surface area contributed by atoms with Gasteiger partial charge in [0.25, 0.3) is 0 Å². The van der Waals surface area contributed by atoms with Crippen LogP contribution < -0.4 is 11.1 Å². The van der Waals surface area contributed by atoms with Gasteiger partial charge in [0.1, 0.15) is 5.75 Å². The Labute approximate surface area is 109 Å². The van der Waals surface area contributed by atoms with Gasteiger partial charge in [0.15, 0.2) is 9.84 Å². The van der Waals surface area contributed by atoms with Crippen LogP contribution >= 0.6 is 0 Å². The summed E-state index contributed by atoms with van der Waals surface area (Å²) in [4.78, 5) is 11.7. The lowest BCUT2D eigenvalue weighted by atomic mass is 9.95. The lowest BCUT2D eigenvalue weighted by molar-refractivity contribution is -0.119. The molecule has 0 spiro atoms. The number of carbonyl (C=O) groups is 1. The number of hydrogen-bond acceptors (Lipinski definition) is 4. The van der Waals surface area contributed by atoms with Crippen LogP contribution in [0.25, 0.3) is 0 Å². The van der Waals surface area contributed by atoms with Crippen molar-refractivity contribution in [3.63, 3.8) is 0 Å². The normalized spacial score (nSPS) is 19.4. The van der Waals surface area contributed by atoms with E-state index in [4.69, 9.17) is 5.73 Å². The van der Waals surface area contributed by atoms with Crippen molar-refractivity contribution in [2.24, 2.45) is 5.73 Å². The first-order valence-corrected chi connectivity index (χ1v) is 8.38. The highest BCUT2D eigenvalue weighted by atomic mass is 32.2. The highest BCUT2D eigenvalue weighted by Gasteiger charge is 2.25. The van der Waals surface area contributed by atoms with Crippen molar-refractivity contribution in [2.75, 3.05) is 12.3 Å². The molecule has 0 bridgehead atoms. The summed E-state index contributed by atoms with van der Waals surface area (Å²) in [6.45, 7) is 1.93. The summed E-state index contributed by atoms with van der Waals surface area (Å²) < 4.78 is 23.7. The van der Waals surface area contributed by atoms with Crippen LogP contribution in [0.5, 0.6) is 0 Å². The van der Waals surface area contributed by atoms with Gasteiger partial charge in [-0.25, -0.2) is 8.42 Å². The van der Waals surface area contributed by atoms with E-state index in [1.807, 2.05) is 0 Å². The standard InChI is InChI=1S/C12H24N2O3S/c1-10(7-8-13)18(16,17)9-12(15)14-11-5-3-2-4-6-11/h10-11H,2-9,13H2,1H3,(H,14,15). The first kappa shape index (κ1) is 15.4. The second-order valence-corrected chi connectivity index (χ2v) is 7.52. The molecule has 0 heterocycles. The lowest BCUT2D eigenvalue weighted by Crippen LogP contribution is -2.41. The Kier molecular flexibility index (Phi) is 6.08. The minimum Gasteiger partial charge on any atom is -0.352 e. The molecule has 1 rings (SSSR count). The zero-order chi connectivity index (χ0) is 13.6. The summed E-state index contributed by atoms with van der Waals surface area (Å²) in [5, 5.41) is 2.28. The van der Waals surface area contributed by atoms with Gasteiger partial charge in [-0.1, -0.05) is 19.3 Å². The van der Waals surface area contributed by atoms with E-state index in [1.165, 1.54) is 6.42 Å². The fraction of sp³-hybridized carbons (Fsp3) is 0.917. The Morgan fingerprint density at radius 3 is 2.50 bits per heavy atom. The molecule has 0 aliphatic heterocycles. The highest BCUT2D eigenvalue weighted by molar-refractivity contribution is 7.92. The Balaban J connectivity index is 2.43. The third-order valence-corrected chi connectivity index (χ3v) is 5.62. The Morgan fingerprint density at radius 1 is 1.33 bits per heavy atom. The van der Waals surface area contributed by atoms with E-state index in [1.54, 1.807) is 6.92 Å². The first-order valence-electron chi connectivity index (χ1n) is 6.66. The van der Waals surface area contributed by atoms with Gasteiger partial charge in [-0.3, -0.25) is 4.79 Å². The van der Waals surface area contributed by atoms with Gasteiger partial charge in [0.05, 0.1) is 5.25 Å². The highest BCUT2D eigenvalue weighted by Crippen LogP contribution is 2.17. The van der Waals surface area contributed by atoms with Gasteiger partial charge in [-0.2, -0.15) is 0 Å². The van der Waals surface area contributed by atoms with Crippen molar-refractivity contribution in [1.29, 1.82) is 0 Å². The molecule has 1 saturated carbocycles. The molecule has 1 atom stereocenters. The third kappa shape index (κ3) is 4.94. The molecule has 0 aromatic carbocycles. The van der Waals surface area contributed by atoms with Crippen LogP contribution in [0.1, 0.15) is 45.4 Å². The zero-order valence-electron chi connectivity index (χ0n) is 11.0. The molecule has 3 N–H and O–H groups in total. The molecule has 1 fully saturated rings. The number of nitrogens with one attached hydrogen (secondary N) is 1. The average Bonchev–Trinajstić information content (AvgIpc) is 2.29. The molecule has 0 aromatic heterocycles. The number of rotatable bonds is 6. The second-order valence-electron chi connectivity index (χ2n) is 5.10. The van der Waals surface area contributed by atoms with Crippen LogP contribution in [-0.4, -0.2) is 37.9 Å². The van der Waals surface area contributed by atoms with Gasteiger partial charge in [-0.15, -0.1) is 0 Å². The fourth-order valence-electron chi connectivity index (χ4n) is 2.26. The maximum Gasteiger partial charge on any atom is 0.235 e. The first-order chi connectivity index (χ1) is 8.45. The maximum absolute atomic E-state index is 11.9. The quantitative estimate of drug-likeness (QED) is 0.743. The van der Waals surface area contributed by atoms with Gasteiger partial charge < -0.3 is 11.1 Å². The molecular formula is C12H24N2O3S. The Hall–Kier alpha value is -0.620. The van der Waals surface area contributed by atoms with Gasteiger partial charge in [0.2, 0.25) is 5.91 Å². The fourth-order valence-corrected chi connectivity index (χ4v) is 3.48. The molecule has 1 aliphatic carbocycles. The third-order valence-electron chi connectivity index (χ3n) is 3.49. The molecule has 0 saturated heterocycles. The predicted octanol–water partition coefficient (Wildman–Crippen LogP) is 0.587. The van der Waals surface area contributed by atoms with Crippen LogP contribution in [0.2, 0.25) is 0 Å². The van der Waals surface area contributed by atoms with E-state index in [9.17, 15) is 13.2 Å². The van der Waals surface area contributed by atoms with Gasteiger partial charge in [-0.05, 0) is 32.7 Å². The molecular weight excluding hydrogens is 252 g/mol. The minimum atomic E-state index is -3.36. The summed E-state index contributed by atoms with van der Waals surface area (Å²) >= 11 is 0. The summed E-state index contributed by atoms with van der Waals surface area (Å²) in [6, 6.07) is 0.159. The predicted molar refractivity (Wildman–Crippen MR) is 71.9 cm³/mol. The molecule has 18 heavy (non-hydrogen) atoms. The molecule has 5 nitrogen and oxygen atoms in total. The van der Waals surface area contributed by atoms with Crippen molar-refractivity contribution in [3.8, 4) is 0 Å². The van der Waals surface area contributed by atoms with Crippen molar-refractivity contribution in [3.05, 3.63) is 0 Å². The average molecular weight is 276 g/mol. The zero-order valence-corrected chi connectivity index (χ0v) is 11.8. The van der Waals surface area contributed by atoms with E-state index in [-0.39, 0.29) is 11.9 Å². The topological polar surface area (TPSA) is 89.3 Å². The molecule has 6 heteroatoms. The monoisotopic (exact) mass is 276 g/mol. The van der Waals surface area contributed by atoms with Crippen molar-refractivity contribution >= 4 is 15.7 Å². The Bertz CT molecular complexity index is 362. The van der Waals surface area contributed by atoms with E-state index >= 15 is 0 Å². The van der Waals surface area contributed by atoms with E-state index in [0.29, 0.717) is 13.0 Å². The van der Waals surface area contributed by atoms with E-state index < -0.39 is 20.8 Å². The number of amides is 1. The Morgan fingerprint density at radius 2 is 1.94 bits per heavy atom. The van der Waals surface area contributed by atoms with E-state index in [0.717, 1.165) is 25.7 Å². The minimum absolute atomic E-state index is 0.159. The summed E-state index contributed by atoms with van der Waals surface area (Å²) in [6.07, 6.45) is 5.76. The largest absolute Gasteiger partial charge is 0.352 e.